The summed E-state index contributed by atoms with van der Waals surface area (Å²) < 4.78 is 6.07. The normalized spacial score (nSPS) is 25.5. The summed E-state index contributed by atoms with van der Waals surface area (Å²) in [5, 5.41) is 2.45. The maximum atomic E-state index is 12.0. The molecule has 1 atom stereocenters. The van der Waals surface area contributed by atoms with Gasteiger partial charge >= 0.3 is 0 Å². The summed E-state index contributed by atoms with van der Waals surface area (Å²) in [6.45, 7) is 1.52. The first-order valence-electron chi connectivity index (χ1n) is 8.55. The predicted molar refractivity (Wildman–Crippen MR) is 84.7 cm³/mol. The van der Waals surface area contributed by atoms with Crippen LogP contribution in [-0.2, 0) is 22.7 Å². The number of imide groups is 1. The third-order valence-electron chi connectivity index (χ3n) is 5.18. The Balaban J connectivity index is 1.44. The van der Waals surface area contributed by atoms with E-state index in [1.165, 1.54) is 24.0 Å². The molecule has 3 aliphatic rings. The van der Waals surface area contributed by atoms with Gasteiger partial charge in [0.1, 0.15) is 5.75 Å². The molecule has 2 heterocycles. The summed E-state index contributed by atoms with van der Waals surface area (Å²) in [7, 11) is 0. The van der Waals surface area contributed by atoms with Crippen LogP contribution in [0, 0.1) is 0 Å². The Bertz CT molecular complexity index is 637. The van der Waals surface area contributed by atoms with Crippen LogP contribution < -0.4 is 10.1 Å². The first-order valence-corrected chi connectivity index (χ1v) is 8.55. The molecular weight excluding hydrogens is 292 g/mol. The summed E-state index contributed by atoms with van der Waals surface area (Å²) in [5.41, 5.74) is 2.50. The van der Waals surface area contributed by atoms with E-state index in [1.807, 2.05) is 6.07 Å². The fourth-order valence-electron chi connectivity index (χ4n) is 3.92. The molecule has 1 aromatic carbocycles. The molecule has 2 aliphatic heterocycles. The molecule has 1 N–H and O–H groups in total. The summed E-state index contributed by atoms with van der Waals surface area (Å²) in [4.78, 5) is 25.5. The van der Waals surface area contributed by atoms with Crippen LogP contribution in [0.25, 0.3) is 0 Å². The summed E-state index contributed by atoms with van der Waals surface area (Å²) in [6.07, 6.45) is 6.24. The van der Waals surface area contributed by atoms with E-state index in [-0.39, 0.29) is 17.9 Å². The lowest BCUT2D eigenvalue weighted by atomic mass is 10.0. The average Bonchev–Trinajstić information content (AvgIpc) is 3.16. The molecule has 1 saturated carbocycles. The van der Waals surface area contributed by atoms with Crippen molar-refractivity contribution < 1.29 is 14.3 Å². The number of rotatable bonds is 3. The molecule has 0 radical (unpaired) electrons. The first-order chi connectivity index (χ1) is 11.2. The Labute approximate surface area is 136 Å². The molecule has 5 heteroatoms. The molecule has 4 rings (SSSR count). The number of carbonyl (C=O) groups is 2. The van der Waals surface area contributed by atoms with Crippen LogP contribution in [0.3, 0.4) is 0 Å². The van der Waals surface area contributed by atoms with Gasteiger partial charge < -0.3 is 4.74 Å². The Morgan fingerprint density at radius 1 is 1.04 bits per heavy atom. The Morgan fingerprint density at radius 3 is 2.61 bits per heavy atom. The van der Waals surface area contributed by atoms with Crippen molar-refractivity contribution in [3.05, 3.63) is 29.3 Å². The lowest BCUT2D eigenvalue weighted by Crippen LogP contribution is -2.50. The number of amides is 2. The van der Waals surface area contributed by atoms with Crippen molar-refractivity contribution in [3.8, 4) is 5.75 Å². The van der Waals surface area contributed by atoms with Gasteiger partial charge in [-0.1, -0.05) is 6.07 Å². The fourth-order valence-corrected chi connectivity index (χ4v) is 3.92. The van der Waals surface area contributed by atoms with Crippen molar-refractivity contribution >= 4 is 11.8 Å². The SMILES string of the molecule is O=C1CCC(N2Cc3ccc(OC4CCCC4)cc3C2)C(=O)N1. The monoisotopic (exact) mass is 314 g/mol. The van der Waals surface area contributed by atoms with Crippen molar-refractivity contribution in [2.45, 2.75) is 63.8 Å². The van der Waals surface area contributed by atoms with E-state index in [0.29, 0.717) is 18.9 Å². The third-order valence-corrected chi connectivity index (χ3v) is 5.18. The molecule has 5 nitrogen and oxygen atoms in total. The third kappa shape index (κ3) is 2.98. The molecule has 0 bridgehead atoms. The van der Waals surface area contributed by atoms with Crippen LogP contribution in [0.2, 0.25) is 0 Å². The van der Waals surface area contributed by atoms with E-state index < -0.39 is 0 Å². The Kier molecular flexibility index (Phi) is 3.81. The largest absolute Gasteiger partial charge is 0.490 e. The smallest absolute Gasteiger partial charge is 0.243 e. The fraction of sp³-hybridized carbons (Fsp3) is 0.556. The molecule has 1 saturated heterocycles. The summed E-state index contributed by atoms with van der Waals surface area (Å²) in [6, 6.07) is 6.09. The Hall–Kier alpha value is -1.88. The van der Waals surface area contributed by atoms with Crippen LogP contribution in [0.15, 0.2) is 18.2 Å². The second-order valence-electron chi connectivity index (χ2n) is 6.83. The average molecular weight is 314 g/mol. The minimum absolute atomic E-state index is 0.156. The molecule has 2 amide bonds. The zero-order valence-electron chi connectivity index (χ0n) is 13.2. The van der Waals surface area contributed by atoms with Crippen molar-refractivity contribution in [1.82, 2.24) is 10.2 Å². The Morgan fingerprint density at radius 2 is 1.83 bits per heavy atom. The van der Waals surface area contributed by atoms with Crippen LogP contribution >= 0.6 is 0 Å². The van der Waals surface area contributed by atoms with Gasteiger partial charge in [-0.05, 0) is 55.4 Å². The van der Waals surface area contributed by atoms with Gasteiger partial charge in [0, 0.05) is 19.5 Å². The highest BCUT2D eigenvalue weighted by molar-refractivity contribution is 6.00. The lowest BCUT2D eigenvalue weighted by Gasteiger charge is -2.29. The van der Waals surface area contributed by atoms with E-state index >= 15 is 0 Å². The van der Waals surface area contributed by atoms with Gasteiger partial charge in [0.2, 0.25) is 11.8 Å². The van der Waals surface area contributed by atoms with Gasteiger partial charge in [-0.15, -0.1) is 0 Å². The number of piperidine rings is 1. The van der Waals surface area contributed by atoms with Gasteiger partial charge in [-0.3, -0.25) is 19.8 Å². The lowest BCUT2D eigenvalue weighted by molar-refractivity contribution is -0.137. The molecular formula is C18H22N2O3. The summed E-state index contributed by atoms with van der Waals surface area (Å²) in [5.74, 6) is 0.632. The standard InChI is InChI=1S/C18H22N2O3/c21-17-8-7-16(18(22)19-17)20-10-12-5-6-15(9-13(12)11-20)23-14-3-1-2-4-14/h5-6,9,14,16H,1-4,7-8,10-11H2,(H,19,21,22). The molecule has 0 aromatic heterocycles. The van der Waals surface area contributed by atoms with Crippen LogP contribution in [0.4, 0.5) is 0 Å². The minimum Gasteiger partial charge on any atom is -0.490 e. The van der Waals surface area contributed by atoms with E-state index in [1.54, 1.807) is 0 Å². The zero-order chi connectivity index (χ0) is 15.8. The minimum atomic E-state index is -0.195. The second kappa shape index (κ2) is 5.96. The van der Waals surface area contributed by atoms with E-state index in [2.05, 4.69) is 22.3 Å². The number of nitrogens with zero attached hydrogens (tertiary/aromatic N) is 1. The maximum Gasteiger partial charge on any atom is 0.243 e. The number of ether oxygens (including phenoxy) is 1. The maximum absolute atomic E-state index is 12.0. The van der Waals surface area contributed by atoms with E-state index in [4.69, 9.17) is 4.74 Å². The number of fused-ring (bicyclic) bond motifs is 1. The van der Waals surface area contributed by atoms with E-state index in [0.717, 1.165) is 31.7 Å². The highest BCUT2D eigenvalue weighted by Crippen LogP contribution is 2.31. The molecule has 23 heavy (non-hydrogen) atoms. The van der Waals surface area contributed by atoms with Crippen molar-refractivity contribution in [2.24, 2.45) is 0 Å². The van der Waals surface area contributed by atoms with Crippen molar-refractivity contribution in [3.63, 3.8) is 0 Å². The molecule has 0 spiro atoms. The summed E-state index contributed by atoms with van der Waals surface area (Å²) >= 11 is 0. The highest BCUT2D eigenvalue weighted by atomic mass is 16.5. The first kappa shape index (κ1) is 14.7. The second-order valence-corrected chi connectivity index (χ2v) is 6.83. The predicted octanol–water partition coefficient (Wildman–Crippen LogP) is 2.13. The number of hydrogen-bond donors (Lipinski definition) is 1. The molecule has 122 valence electrons. The van der Waals surface area contributed by atoms with Crippen LogP contribution in [0.1, 0.15) is 49.7 Å². The van der Waals surface area contributed by atoms with Crippen molar-refractivity contribution in [2.75, 3.05) is 0 Å². The molecule has 1 unspecified atom stereocenters. The van der Waals surface area contributed by atoms with Gasteiger partial charge in [-0.25, -0.2) is 0 Å². The number of carbonyl (C=O) groups excluding carboxylic acids is 2. The number of benzene rings is 1. The number of nitrogens with one attached hydrogen (secondary N) is 1. The van der Waals surface area contributed by atoms with Gasteiger partial charge in [0.05, 0.1) is 12.1 Å². The molecule has 2 fully saturated rings. The van der Waals surface area contributed by atoms with E-state index in [9.17, 15) is 9.59 Å². The topological polar surface area (TPSA) is 58.6 Å². The van der Waals surface area contributed by atoms with Crippen molar-refractivity contribution in [1.29, 1.82) is 0 Å². The quantitative estimate of drug-likeness (QED) is 0.868. The number of hydrogen-bond acceptors (Lipinski definition) is 4. The zero-order valence-corrected chi connectivity index (χ0v) is 13.2. The van der Waals surface area contributed by atoms with Gasteiger partial charge in [0.25, 0.3) is 0 Å². The van der Waals surface area contributed by atoms with Crippen LogP contribution in [-0.4, -0.2) is 28.9 Å². The van der Waals surface area contributed by atoms with Crippen LogP contribution in [0.5, 0.6) is 5.75 Å². The van der Waals surface area contributed by atoms with Gasteiger partial charge in [0.15, 0.2) is 0 Å². The molecule has 1 aliphatic carbocycles. The highest BCUT2D eigenvalue weighted by Gasteiger charge is 2.34. The van der Waals surface area contributed by atoms with Gasteiger partial charge in [-0.2, -0.15) is 0 Å². The molecule has 1 aromatic rings.